The lowest BCUT2D eigenvalue weighted by molar-refractivity contribution is 0.238. The van der Waals surface area contributed by atoms with E-state index in [0.29, 0.717) is 6.54 Å². The highest BCUT2D eigenvalue weighted by atomic mass is 16.2. The third-order valence-electron chi connectivity index (χ3n) is 1.61. The van der Waals surface area contributed by atoms with E-state index in [2.05, 4.69) is 20.6 Å². The molecule has 0 fully saturated rings. The summed E-state index contributed by atoms with van der Waals surface area (Å²) in [6.45, 7) is 4.36. The fourth-order valence-corrected chi connectivity index (χ4v) is 0.991. The molecule has 2 amide bonds. The van der Waals surface area contributed by atoms with Crippen LogP contribution in [0.1, 0.15) is 25.7 Å². The van der Waals surface area contributed by atoms with E-state index in [9.17, 15) is 4.79 Å². The van der Waals surface area contributed by atoms with Crippen molar-refractivity contribution in [1.29, 1.82) is 0 Å². The number of carbonyl (C=O) groups is 1. The SMILES string of the molecule is CCNC(=O)NC(C)c1ncc[nH]1. The van der Waals surface area contributed by atoms with E-state index in [1.54, 1.807) is 12.4 Å². The number of H-pyrrole nitrogens is 1. The van der Waals surface area contributed by atoms with Gasteiger partial charge in [-0.1, -0.05) is 0 Å². The van der Waals surface area contributed by atoms with E-state index in [1.807, 2.05) is 13.8 Å². The zero-order valence-electron chi connectivity index (χ0n) is 7.79. The smallest absolute Gasteiger partial charge is 0.315 e. The molecule has 13 heavy (non-hydrogen) atoms. The molecule has 1 atom stereocenters. The Labute approximate surface area is 76.9 Å². The van der Waals surface area contributed by atoms with Crippen molar-refractivity contribution < 1.29 is 4.79 Å². The third kappa shape index (κ3) is 2.77. The van der Waals surface area contributed by atoms with Crippen molar-refractivity contribution in [2.75, 3.05) is 6.54 Å². The van der Waals surface area contributed by atoms with Crippen molar-refractivity contribution in [3.05, 3.63) is 18.2 Å². The molecule has 72 valence electrons. The van der Waals surface area contributed by atoms with E-state index in [1.165, 1.54) is 0 Å². The van der Waals surface area contributed by atoms with Gasteiger partial charge in [0.15, 0.2) is 0 Å². The fraction of sp³-hybridized carbons (Fsp3) is 0.500. The molecule has 0 aliphatic carbocycles. The second-order valence-corrected chi connectivity index (χ2v) is 2.70. The molecule has 0 saturated heterocycles. The highest BCUT2D eigenvalue weighted by molar-refractivity contribution is 5.74. The van der Waals surface area contributed by atoms with Gasteiger partial charge in [-0.25, -0.2) is 9.78 Å². The maximum Gasteiger partial charge on any atom is 0.315 e. The molecular weight excluding hydrogens is 168 g/mol. The van der Waals surface area contributed by atoms with Gasteiger partial charge in [0.1, 0.15) is 5.82 Å². The Hall–Kier alpha value is -1.52. The molecule has 5 heteroatoms. The summed E-state index contributed by atoms with van der Waals surface area (Å²) in [4.78, 5) is 18.0. The average Bonchev–Trinajstić information content (AvgIpc) is 2.55. The lowest BCUT2D eigenvalue weighted by atomic mass is 10.3. The number of amides is 2. The van der Waals surface area contributed by atoms with Gasteiger partial charge in [0.25, 0.3) is 0 Å². The molecule has 1 heterocycles. The Balaban J connectivity index is 2.42. The van der Waals surface area contributed by atoms with Crippen LogP contribution in [0.15, 0.2) is 12.4 Å². The second kappa shape index (κ2) is 4.49. The maximum atomic E-state index is 11.1. The van der Waals surface area contributed by atoms with Crippen LogP contribution >= 0.6 is 0 Å². The monoisotopic (exact) mass is 182 g/mol. The van der Waals surface area contributed by atoms with Crippen LogP contribution < -0.4 is 10.6 Å². The lowest BCUT2D eigenvalue weighted by Crippen LogP contribution is -2.37. The highest BCUT2D eigenvalue weighted by Crippen LogP contribution is 2.03. The number of nitrogens with one attached hydrogen (secondary N) is 3. The normalized spacial score (nSPS) is 12.2. The van der Waals surface area contributed by atoms with Gasteiger partial charge in [-0.3, -0.25) is 0 Å². The summed E-state index contributed by atoms with van der Waals surface area (Å²) >= 11 is 0. The van der Waals surface area contributed by atoms with Gasteiger partial charge in [0.05, 0.1) is 6.04 Å². The van der Waals surface area contributed by atoms with E-state index >= 15 is 0 Å². The predicted octanol–water partition coefficient (Wildman–Crippen LogP) is 0.790. The van der Waals surface area contributed by atoms with Gasteiger partial charge in [-0.15, -0.1) is 0 Å². The van der Waals surface area contributed by atoms with Gasteiger partial charge < -0.3 is 15.6 Å². The van der Waals surface area contributed by atoms with Crippen LogP contribution in [0.3, 0.4) is 0 Å². The molecule has 0 radical (unpaired) electrons. The van der Waals surface area contributed by atoms with Crippen molar-refractivity contribution in [2.24, 2.45) is 0 Å². The minimum Gasteiger partial charge on any atom is -0.347 e. The zero-order valence-corrected chi connectivity index (χ0v) is 7.79. The van der Waals surface area contributed by atoms with Crippen molar-refractivity contribution >= 4 is 6.03 Å². The Morgan fingerprint density at radius 2 is 2.54 bits per heavy atom. The molecule has 0 bridgehead atoms. The molecule has 3 N–H and O–H groups in total. The van der Waals surface area contributed by atoms with E-state index in [4.69, 9.17) is 0 Å². The first-order valence-electron chi connectivity index (χ1n) is 4.27. The summed E-state index contributed by atoms with van der Waals surface area (Å²) < 4.78 is 0. The summed E-state index contributed by atoms with van der Waals surface area (Å²) in [5.74, 6) is 0.756. The van der Waals surface area contributed by atoms with Crippen molar-refractivity contribution in [2.45, 2.75) is 19.9 Å². The molecular formula is C8H14N4O. The van der Waals surface area contributed by atoms with Gasteiger partial charge in [-0.05, 0) is 13.8 Å². The average molecular weight is 182 g/mol. The highest BCUT2D eigenvalue weighted by Gasteiger charge is 2.09. The van der Waals surface area contributed by atoms with Gasteiger partial charge >= 0.3 is 6.03 Å². The first-order chi connectivity index (χ1) is 6.24. The van der Waals surface area contributed by atoms with Crippen molar-refractivity contribution in [1.82, 2.24) is 20.6 Å². The van der Waals surface area contributed by atoms with E-state index in [-0.39, 0.29) is 12.1 Å². The summed E-state index contributed by atoms with van der Waals surface area (Å²) in [5, 5.41) is 5.39. The number of aromatic nitrogens is 2. The first-order valence-corrected chi connectivity index (χ1v) is 4.27. The summed E-state index contributed by atoms with van der Waals surface area (Å²) in [6, 6.07) is -0.270. The largest absolute Gasteiger partial charge is 0.347 e. The molecule has 1 rings (SSSR count). The molecule has 1 unspecified atom stereocenters. The molecule has 0 aromatic carbocycles. The number of aromatic amines is 1. The number of urea groups is 1. The number of rotatable bonds is 3. The number of imidazole rings is 1. The minimum atomic E-state index is -0.175. The predicted molar refractivity (Wildman–Crippen MR) is 49.2 cm³/mol. The van der Waals surface area contributed by atoms with Crippen LogP contribution in [0.5, 0.6) is 0 Å². The standard InChI is InChI=1S/C8H14N4O/c1-3-9-8(13)12-6(2)7-10-4-5-11-7/h4-6H,3H2,1-2H3,(H,10,11)(H2,9,12,13). The molecule has 0 spiro atoms. The second-order valence-electron chi connectivity index (χ2n) is 2.70. The van der Waals surface area contributed by atoms with E-state index < -0.39 is 0 Å². The van der Waals surface area contributed by atoms with E-state index in [0.717, 1.165) is 5.82 Å². The summed E-state index contributed by atoms with van der Waals surface area (Å²) in [7, 11) is 0. The molecule has 0 saturated carbocycles. The van der Waals surface area contributed by atoms with Crippen LogP contribution in [0, 0.1) is 0 Å². The van der Waals surface area contributed by atoms with Crippen LogP contribution in [0.2, 0.25) is 0 Å². The minimum absolute atomic E-state index is 0.0958. The topological polar surface area (TPSA) is 69.8 Å². The van der Waals surface area contributed by atoms with Crippen LogP contribution in [-0.2, 0) is 0 Å². The van der Waals surface area contributed by atoms with Gasteiger partial charge in [-0.2, -0.15) is 0 Å². The molecule has 0 aliphatic rings. The quantitative estimate of drug-likeness (QED) is 0.646. The Morgan fingerprint density at radius 1 is 1.77 bits per heavy atom. The molecule has 1 aromatic heterocycles. The summed E-state index contributed by atoms with van der Waals surface area (Å²) in [5.41, 5.74) is 0. The number of nitrogens with zero attached hydrogens (tertiary/aromatic N) is 1. The molecule has 1 aromatic rings. The number of hydrogen-bond donors (Lipinski definition) is 3. The Bertz CT molecular complexity index is 257. The fourth-order valence-electron chi connectivity index (χ4n) is 0.991. The van der Waals surface area contributed by atoms with Crippen LogP contribution in [-0.4, -0.2) is 22.5 Å². The first kappa shape index (κ1) is 9.57. The zero-order chi connectivity index (χ0) is 9.68. The molecule has 5 nitrogen and oxygen atoms in total. The third-order valence-corrected chi connectivity index (χ3v) is 1.61. The molecule has 0 aliphatic heterocycles. The number of hydrogen-bond acceptors (Lipinski definition) is 2. The Morgan fingerprint density at radius 3 is 3.08 bits per heavy atom. The Kier molecular flexibility index (Phi) is 3.31. The van der Waals surface area contributed by atoms with Crippen LogP contribution in [0.25, 0.3) is 0 Å². The van der Waals surface area contributed by atoms with Crippen molar-refractivity contribution in [3.63, 3.8) is 0 Å². The lowest BCUT2D eigenvalue weighted by Gasteiger charge is -2.11. The van der Waals surface area contributed by atoms with Gasteiger partial charge in [0.2, 0.25) is 0 Å². The maximum absolute atomic E-state index is 11.1. The van der Waals surface area contributed by atoms with Gasteiger partial charge in [0, 0.05) is 18.9 Å². The number of carbonyl (C=O) groups excluding carboxylic acids is 1. The van der Waals surface area contributed by atoms with Crippen LogP contribution in [0.4, 0.5) is 4.79 Å². The van der Waals surface area contributed by atoms with Crippen molar-refractivity contribution in [3.8, 4) is 0 Å². The summed E-state index contributed by atoms with van der Waals surface area (Å²) in [6.07, 6.45) is 3.39.